The maximum absolute atomic E-state index is 12.2. The second kappa shape index (κ2) is 4.74. The van der Waals surface area contributed by atoms with E-state index in [1.54, 1.807) is 32.3 Å². The van der Waals surface area contributed by atoms with E-state index < -0.39 is 10.0 Å². The van der Waals surface area contributed by atoms with Gasteiger partial charge < -0.3 is 0 Å². The van der Waals surface area contributed by atoms with Gasteiger partial charge >= 0.3 is 0 Å². The summed E-state index contributed by atoms with van der Waals surface area (Å²) in [4.78, 5) is 0.0930. The molecule has 2 aromatic rings. The minimum absolute atomic E-state index is 0.0930. The van der Waals surface area contributed by atoms with Crippen LogP contribution in [0.1, 0.15) is 11.1 Å². The molecule has 0 aliphatic carbocycles. The van der Waals surface area contributed by atoms with E-state index in [-0.39, 0.29) is 4.90 Å². The number of hydrogen-bond donors (Lipinski definition) is 1. The van der Waals surface area contributed by atoms with Crippen LogP contribution in [-0.2, 0) is 17.1 Å². The summed E-state index contributed by atoms with van der Waals surface area (Å²) in [5.74, 6) is 0. The highest BCUT2D eigenvalue weighted by molar-refractivity contribution is 7.92. The van der Waals surface area contributed by atoms with Gasteiger partial charge in [0.15, 0.2) is 0 Å². The van der Waals surface area contributed by atoms with Crippen molar-refractivity contribution in [2.45, 2.75) is 11.8 Å². The Morgan fingerprint density at radius 1 is 1.42 bits per heavy atom. The molecule has 0 bridgehead atoms. The fourth-order valence-electron chi connectivity index (χ4n) is 1.64. The predicted molar refractivity (Wildman–Crippen MR) is 69.9 cm³/mol. The Morgan fingerprint density at radius 2 is 2.16 bits per heavy atom. The second-order valence-electron chi connectivity index (χ2n) is 4.10. The van der Waals surface area contributed by atoms with Crippen LogP contribution in [-0.4, -0.2) is 18.2 Å². The molecule has 0 saturated heterocycles. The first-order chi connectivity index (χ1) is 8.92. The average Bonchev–Trinajstić information content (AvgIpc) is 2.74. The Labute approximate surface area is 111 Å². The molecule has 98 valence electrons. The summed E-state index contributed by atoms with van der Waals surface area (Å²) in [6, 6.07) is 6.47. The van der Waals surface area contributed by atoms with Gasteiger partial charge in [0, 0.05) is 13.2 Å². The van der Waals surface area contributed by atoms with Crippen LogP contribution in [0, 0.1) is 18.3 Å². The number of nitrogens with zero attached hydrogens (tertiary/aromatic N) is 3. The van der Waals surface area contributed by atoms with Gasteiger partial charge in [0.05, 0.1) is 28.4 Å². The highest BCUT2D eigenvalue weighted by Crippen LogP contribution is 2.20. The summed E-state index contributed by atoms with van der Waals surface area (Å²) >= 11 is 0. The number of hydrogen-bond acceptors (Lipinski definition) is 4. The molecule has 0 aliphatic rings. The standard InChI is InChI=1S/C12H12N4O2S/c1-9-3-4-10(6-13)5-12(9)19(17,18)15-11-7-14-16(2)8-11/h3-5,7-8,15H,1-2H3. The Morgan fingerprint density at radius 3 is 2.74 bits per heavy atom. The number of aromatic nitrogens is 2. The fraction of sp³-hybridized carbons (Fsp3) is 0.167. The first-order valence-electron chi connectivity index (χ1n) is 5.44. The normalized spacial score (nSPS) is 11.0. The summed E-state index contributed by atoms with van der Waals surface area (Å²) in [6.07, 6.45) is 2.97. The molecule has 0 amide bonds. The van der Waals surface area contributed by atoms with Crippen molar-refractivity contribution in [1.29, 1.82) is 5.26 Å². The van der Waals surface area contributed by atoms with Crippen LogP contribution in [0.3, 0.4) is 0 Å². The molecule has 1 N–H and O–H groups in total. The van der Waals surface area contributed by atoms with Gasteiger partial charge in [-0.15, -0.1) is 0 Å². The van der Waals surface area contributed by atoms with Crippen molar-refractivity contribution in [3.05, 3.63) is 41.7 Å². The molecule has 0 saturated carbocycles. The number of aryl methyl sites for hydroxylation is 2. The number of benzene rings is 1. The zero-order chi connectivity index (χ0) is 14.0. The predicted octanol–water partition coefficient (Wildman–Crippen LogP) is 1.40. The number of anilines is 1. The molecule has 1 aromatic heterocycles. The Bertz CT molecular complexity index is 756. The molecule has 19 heavy (non-hydrogen) atoms. The quantitative estimate of drug-likeness (QED) is 0.917. The van der Waals surface area contributed by atoms with Crippen molar-refractivity contribution in [2.24, 2.45) is 7.05 Å². The van der Waals surface area contributed by atoms with Crippen molar-refractivity contribution in [3.63, 3.8) is 0 Å². The van der Waals surface area contributed by atoms with Crippen LogP contribution >= 0.6 is 0 Å². The molecule has 0 atom stereocenters. The summed E-state index contributed by atoms with van der Waals surface area (Å²) < 4.78 is 28.4. The minimum atomic E-state index is -3.72. The van der Waals surface area contributed by atoms with Crippen LogP contribution in [0.25, 0.3) is 0 Å². The molecule has 0 aliphatic heterocycles. The van der Waals surface area contributed by atoms with Crippen LogP contribution in [0.4, 0.5) is 5.69 Å². The monoisotopic (exact) mass is 276 g/mol. The lowest BCUT2D eigenvalue weighted by molar-refractivity contribution is 0.600. The average molecular weight is 276 g/mol. The minimum Gasteiger partial charge on any atom is -0.276 e. The van der Waals surface area contributed by atoms with E-state index in [1.165, 1.54) is 16.9 Å². The Balaban J connectivity index is 2.42. The summed E-state index contributed by atoms with van der Waals surface area (Å²) in [6.45, 7) is 1.68. The van der Waals surface area contributed by atoms with Crippen LogP contribution < -0.4 is 4.72 Å². The Kier molecular flexibility index (Phi) is 3.27. The second-order valence-corrected chi connectivity index (χ2v) is 5.75. The number of nitrogens with one attached hydrogen (secondary N) is 1. The maximum atomic E-state index is 12.2. The van der Waals surface area contributed by atoms with Gasteiger partial charge in [0.1, 0.15) is 0 Å². The van der Waals surface area contributed by atoms with E-state index in [2.05, 4.69) is 9.82 Å². The van der Waals surface area contributed by atoms with Crippen molar-refractivity contribution in [3.8, 4) is 6.07 Å². The third-order valence-electron chi connectivity index (χ3n) is 2.56. The van der Waals surface area contributed by atoms with Gasteiger partial charge in [-0.1, -0.05) is 6.07 Å². The van der Waals surface area contributed by atoms with E-state index >= 15 is 0 Å². The maximum Gasteiger partial charge on any atom is 0.262 e. The zero-order valence-electron chi connectivity index (χ0n) is 10.5. The Hall–Kier alpha value is -2.33. The number of rotatable bonds is 3. The third kappa shape index (κ3) is 2.74. The number of sulfonamides is 1. The molecule has 0 unspecified atom stereocenters. The van der Waals surface area contributed by atoms with E-state index in [1.807, 2.05) is 6.07 Å². The van der Waals surface area contributed by atoms with Crippen LogP contribution in [0.5, 0.6) is 0 Å². The van der Waals surface area contributed by atoms with Gasteiger partial charge in [-0.3, -0.25) is 9.40 Å². The van der Waals surface area contributed by atoms with Gasteiger partial charge in [-0.05, 0) is 24.6 Å². The van der Waals surface area contributed by atoms with E-state index in [4.69, 9.17) is 5.26 Å². The lowest BCUT2D eigenvalue weighted by Crippen LogP contribution is -2.14. The van der Waals surface area contributed by atoms with Gasteiger partial charge in [0.2, 0.25) is 0 Å². The molecule has 0 spiro atoms. The fourth-order valence-corrected chi connectivity index (χ4v) is 2.94. The van der Waals surface area contributed by atoms with E-state index in [9.17, 15) is 8.42 Å². The van der Waals surface area contributed by atoms with E-state index in [0.29, 0.717) is 16.8 Å². The summed E-state index contributed by atoms with van der Waals surface area (Å²) in [7, 11) is -2.02. The third-order valence-corrected chi connectivity index (χ3v) is 4.09. The smallest absolute Gasteiger partial charge is 0.262 e. The highest BCUT2D eigenvalue weighted by atomic mass is 32.2. The lowest BCUT2D eigenvalue weighted by atomic mass is 10.2. The molecule has 0 radical (unpaired) electrons. The molecule has 6 nitrogen and oxygen atoms in total. The van der Waals surface area contributed by atoms with Crippen molar-refractivity contribution < 1.29 is 8.42 Å². The molecule has 0 fully saturated rings. The molecule has 1 heterocycles. The zero-order valence-corrected chi connectivity index (χ0v) is 11.3. The summed E-state index contributed by atoms with van der Waals surface area (Å²) in [5, 5.41) is 12.7. The van der Waals surface area contributed by atoms with Gasteiger partial charge in [-0.2, -0.15) is 10.4 Å². The first kappa shape index (κ1) is 13.1. The topological polar surface area (TPSA) is 87.8 Å². The van der Waals surface area contributed by atoms with Crippen LogP contribution in [0.15, 0.2) is 35.5 Å². The van der Waals surface area contributed by atoms with Gasteiger partial charge in [0.25, 0.3) is 10.0 Å². The van der Waals surface area contributed by atoms with E-state index in [0.717, 1.165) is 0 Å². The SMILES string of the molecule is Cc1ccc(C#N)cc1S(=O)(=O)Nc1cnn(C)c1. The van der Waals surface area contributed by atoms with Crippen molar-refractivity contribution >= 4 is 15.7 Å². The molecule has 1 aromatic carbocycles. The first-order valence-corrected chi connectivity index (χ1v) is 6.93. The van der Waals surface area contributed by atoms with Crippen molar-refractivity contribution in [2.75, 3.05) is 4.72 Å². The molecule has 7 heteroatoms. The molecule has 2 rings (SSSR count). The van der Waals surface area contributed by atoms with Gasteiger partial charge in [-0.25, -0.2) is 8.42 Å². The lowest BCUT2D eigenvalue weighted by Gasteiger charge is -2.08. The summed E-state index contributed by atoms with van der Waals surface area (Å²) in [5.41, 5.74) is 1.26. The van der Waals surface area contributed by atoms with Crippen molar-refractivity contribution in [1.82, 2.24) is 9.78 Å². The molecular formula is C12H12N4O2S. The van der Waals surface area contributed by atoms with Crippen LogP contribution in [0.2, 0.25) is 0 Å². The highest BCUT2D eigenvalue weighted by Gasteiger charge is 2.18. The number of nitriles is 1. The molecular weight excluding hydrogens is 264 g/mol. The largest absolute Gasteiger partial charge is 0.276 e.